The Morgan fingerprint density at radius 2 is 2.24 bits per heavy atom. The number of anilines is 1. The second kappa shape index (κ2) is 7.08. The monoisotopic (exact) mass is 349 g/mol. The Balaban J connectivity index is 1.69. The van der Waals surface area contributed by atoms with Crippen molar-refractivity contribution in [3.63, 3.8) is 0 Å². The smallest absolute Gasteiger partial charge is 0.414 e. The van der Waals surface area contributed by atoms with E-state index in [0.29, 0.717) is 30.6 Å². The normalized spacial score (nSPS) is 23.2. The van der Waals surface area contributed by atoms with E-state index in [9.17, 15) is 18.8 Å². The van der Waals surface area contributed by atoms with Gasteiger partial charge in [-0.15, -0.1) is 0 Å². The van der Waals surface area contributed by atoms with Crippen molar-refractivity contribution in [2.24, 2.45) is 0 Å². The fourth-order valence-electron chi connectivity index (χ4n) is 3.11. The van der Waals surface area contributed by atoms with Gasteiger partial charge in [0.2, 0.25) is 11.8 Å². The van der Waals surface area contributed by atoms with Gasteiger partial charge in [0.25, 0.3) is 0 Å². The summed E-state index contributed by atoms with van der Waals surface area (Å²) in [4.78, 5) is 35.5. The maximum Gasteiger partial charge on any atom is 0.414 e. The molecule has 0 radical (unpaired) electrons. The number of hydrogen-bond acceptors (Lipinski definition) is 4. The van der Waals surface area contributed by atoms with Crippen LogP contribution in [0, 0.1) is 5.82 Å². The first-order valence-corrected chi connectivity index (χ1v) is 8.22. The van der Waals surface area contributed by atoms with Gasteiger partial charge in [0.15, 0.2) is 0 Å². The van der Waals surface area contributed by atoms with Crippen molar-refractivity contribution < 1.29 is 23.5 Å². The lowest BCUT2D eigenvalue weighted by Gasteiger charge is -2.24. The number of carbonyl (C=O) groups is 3. The summed E-state index contributed by atoms with van der Waals surface area (Å²) in [6.07, 6.45) is -0.0398. The Labute approximate surface area is 144 Å². The van der Waals surface area contributed by atoms with Crippen molar-refractivity contribution in [3.05, 3.63) is 29.6 Å². The molecule has 2 atom stereocenters. The highest BCUT2D eigenvalue weighted by Gasteiger charge is 2.33. The third kappa shape index (κ3) is 3.89. The molecule has 8 heteroatoms. The lowest BCUT2D eigenvalue weighted by molar-refractivity contribution is -0.122. The van der Waals surface area contributed by atoms with E-state index in [-0.39, 0.29) is 30.8 Å². The molecule has 1 aromatic rings. The van der Waals surface area contributed by atoms with Crippen LogP contribution in [0.5, 0.6) is 0 Å². The minimum atomic E-state index is -0.563. The molecule has 7 nitrogen and oxygen atoms in total. The number of cyclic esters (lactones) is 1. The molecule has 2 unspecified atom stereocenters. The molecule has 2 fully saturated rings. The minimum absolute atomic E-state index is 0.0155. The molecule has 0 aromatic heterocycles. The fraction of sp³-hybridized carbons (Fsp3) is 0.471. The van der Waals surface area contributed by atoms with Crippen molar-refractivity contribution in [1.82, 2.24) is 10.6 Å². The van der Waals surface area contributed by atoms with E-state index in [2.05, 4.69) is 10.6 Å². The number of nitrogens with one attached hydrogen (secondary N) is 2. The number of piperidine rings is 1. The van der Waals surface area contributed by atoms with Crippen LogP contribution in [0.1, 0.15) is 31.2 Å². The van der Waals surface area contributed by atoms with Gasteiger partial charge >= 0.3 is 6.09 Å². The number of halogens is 1. The summed E-state index contributed by atoms with van der Waals surface area (Å²) in [6.45, 7) is 2.27. The summed E-state index contributed by atoms with van der Waals surface area (Å²) in [5.74, 6) is -0.690. The molecule has 0 bridgehead atoms. The van der Waals surface area contributed by atoms with Crippen molar-refractivity contribution in [2.75, 3.05) is 24.5 Å². The lowest BCUT2D eigenvalue weighted by Crippen LogP contribution is -2.34. The second-order valence-electron chi connectivity index (χ2n) is 6.30. The summed E-state index contributed by atoms with van der Waals surface area (Å²) < 4.78 is 19.7. The number of rotatable bonds is 4. The van der Waals surface area contributed by atoms with Gasteiger partial charge in [0, 0.05) is 25.8 Å². The van der Waals surface area contributed by atoms with Crippen LogP contribution in [-0.4, -0.2) is 43.6 Å². The Bertz CT molecular complexity index is 699. The SMILES string of the molecule is CC(=O)NCC1CN(c2ccc(C3CCC(=O)NC3)c(F)c2)C(=O)O1. The van der Waals surface area contributed by atoms with E-state index in [1.807, 2.05) is 0 Å². The highest BCUT2D eigenvalue weighted by molar-refractivity contribution is 5.89. The molecular formula is C17H20FN3O4. The Kier molecular flexibility index (Phi) is 4.87. The van der Waals surface area contributed by atoms with Crippen molar-refractivity contribution >= 4 is 23.6 Å². The first-order chi connectivity index (χ1) is 11.9. The maximum absolute atomic E-state index is 14.5. The van der Waals surface area contributed by atoms with Crippen molar-refractivity contribution in [1.29, 1.82) is 0 Å². The largest absolute Gasteiger partial charge is 0.442 e. The molecule has 0 aliphatic carbocycles. The topological polar surface area (TPSA) is 87.7 Å². The first kappa shape index (κ1) is 17.2. The predicted molar refractivity (Wildman–Crippen MR) is 87.7 cm³/mol. The van der Waals surface area contributed by atoms with Crippen LogP contribution in [-0.2, 0) is 14.3 Å². The average Bonchev–Trinajstić information content (AvgIpc) is 2.95. The molecule has 3 amide bonds. The van der Waals surface area contributed by atoms with Crippen LogP contribution in [0.2, 0.25) is 0 Å². The zero-order valence-electron chi connectivity index (χ0n) is 13.9. The molecular weight excluding hydrogens is 329 g/mol. The standard InChI is InChI=1S/C17H20FN3O4/c1-10(22)19-8-13-9-21(17(24)25-13)12-3-4-14(15(18)6-12)11-2-5-16(23)20-7-11/h3-4,6,11,13H,2,5,7-9H2,1H3,(H,19,22)(H,20,23). The molecule has 3 rings (SSSR count). The van der Waals surface area contributed by atoms with Gasteiger partial charge in [-0.25, -0.2) is 9.18 Å². The van der Waals surface area contributed by atoms with E-state index in [1.165, 1.54) is 17.9 Å². The van der Waals surface area contributed by atoms with Gasteiger partial charge in [0.05, 0.1) is 18.8 Å². The zero-order valence-corrected chi connectivity index (χ0v) is 13.9. The number of benzene rings is 1. The molecule has 0 saturated carbocycles. The summed E-state index contributed by atoms with van der Waals surface area (Å²) in [5, 5.41) is 5.33. The minimum Gasteiger partial charge on any atom is -0.442 e. The quantitative estimate of drug-likeness (QED) is 0.857. The average molecular weight is 349 g/mol. The number of nitrogens with zero attached hydrogens (tertiary/aromatic N) is 1. The molecule has 0 spiro atoms. The maximum atomic E-state index is 14.5. The van der Waals surface area contributed by atoms with Gasteiger partial charge in [-0.1, -0.05) is 6.07 Å². The van der Waals surface area contributed by atoms with Gasteiger partial charge < -0.3 is 15.4 Å². The molecule has 2 N–H and O–H groups in total. The van der Waals surface area contributed by atoms with Gasteiger partial charge in [-0.2, -0.15) is 0 Å². The summed E-state index contributed by atoms with van der Waals surface area (Å²) in [6, 6.07) is 4.64. The van der Waals surface area contributed by atoms with Crippen LogP contribution in [0.3, 0.4) is 0 Å². The van der Waals surface area contributed by atoms with E-state index >= 15 is 0 Å². The molecule has 2 aliphatic heterocycles. The second-order valence-corrected chi connectivity index (χ2v) is 6.30. The fourth-order valence-corrected chi connectivity index (χ4v) is 3.11. The summed E-state index contributed by atoms with van der Waals surface area (Å²) in [5.41, 5.74) is 0.947. The molecule has 134 valence electrons. The van der Waals surface area contributed by atoms with Crippen LogP contribution in [0.15, 0.2) is 18.2 Å². The zero-order chi connectivity index (χ0) is 18.0. The van der Waals surface area contributed by atoms with Gasteiger partial charge in [-0.3, -0.25) is 14.5 Å². The lowest BCUT2D eigenvalue weighted by atomic mass is 9.91. The number of carbonyl (C=O) groups excluding carboxylic acids is 3. The highest BCUT2D eigenvalue weighted by atomic mass is 19.1. The third-order valence-electron chi connectivity index (χ3n) is 4.45. The summed E-state index contributed by atoms with van der Waals surface area (Å²) >= 11 is 0. The Morgan fingerprint density at radius 1 is 1.44 bits per heavy atom. The Morgan fingerprint density at radius 3 is 2.88 bits per heavy atom. The molecule has 2 saturated heterocycles. The molecule has 2 heterocycles. The van der Waals surface area contributed by atoms with Crippen LogP contribution < -0.4 is 15.5 Å². The van der Waals surface area contributed by atoms with E-state index in [4.69, 9.17) is 4.74 Å². The predicted octanol–water partition coefficient (Wildman–Crippen LogP) is 1.28. The van der Waals surface area contributed by atoms with Gasteiger partial charge in [0.1, 0.15) is 11.9 Å². The summed E-state index contributed by atoms with van der Waals surface area (Å²) in [7, 11) is 0. The van der Waals surface area contributed by atoms with E-state index in [1.54, 1.807) is 12.1 Å². The van der Waals surface area contributed by atoms with Crippen LogP contribution in [0.4, 0.5) is 14.9 Å². The molecule has 1 aromatic carbocycles. The number of amides is 3. The molecule has 25 heavy (non-hydrogen) atoms. The van der Waals surface area contributed by atoms with E-state index < -0.39 is 18.0 Å². The Hall–Kier alpha value is -2.64. The van der Waals surface area contributed by atoms with E-state index in [0.717, 1.165) is 0 Å². The van der Waals surface area contributed by atoms with Crippen molar-refractivity contribution in [3.8, 4) is 0 Å². The highest BCUT2D eigenvalue weighted by Crippen LogP contribution is 2.30. The first-order valence-electron chi connectivity index (χ1n) is 8.22. The third-order valence-corrected chi connectivity index (χ3v) is 4.45. The number of hydrogen-bond donors (Lipinski definition) is 2. The van der Waals surface area contributed by atoms with Crippen LogP contribution >= 0.6 is 0 Å². The van der Waals surface area contributed by atoms with Crippen molar-refractivity contribution in [2.45, 2.75) is 31.8 Å². The van der Waals surface area contributed by atoms with Gasteiger partial charge in [-0.05, 0) is 24.1 Å². The van der Waals surface area contributed by atoms with Crippen LogP contribution in [0.25, 0.3) is 0 Å². The number of ether oxygens (including phenoxy) is 1. The molecule has 2 aliphatic rings.